The SMILES string of the molecule is Cc1noc(C)c1CSCC(=O)N1CCC2(CCNC2)CC1. The van der Waals surface area contributed by atoms with Crippen molar-refractivity contribution in [2.45, 2.75) is 38.9 Å². The van der Waals surface area contributed by atoms with Gasteiger partial charge in [-0.1, -0.05) is 5.16 Å². The van der Waals surface area contributed by atoms with E-state index in [0.717, 1.165) is 61.8 Å². The third kappa shape index (κ3) is 3.33. The van der Waals surface area contributed by atoms with E-state index in [1.54, 1.807) is 11.8 Å². The zero-order chi connectivity index (χ0) is 15.6. The van der Waals surface area contributed by atoms with Crippen LogP contribution in [0.2, 0.25) is 0 Å². The summed E-state index contributed by atoms with van der Waals surface area (Å²) in [6.45, 7) is 8.00. The number of thioether (sulfide) groups is 1. The van der Waals surface area contributed by atoms with E-state index >= 15 is 0 Å². The molecule has 22 heavy (non-hydrogen) atoms. The minimum atomic E-state index is 0.276. The number of carbonyl (C=O) groups is 1. The van der Waals surface area contributed by atoms with E-state index < -0.39 is 0 Å². The summed E-state index contributed by atoms with van der Waals surface area (Å²) in [6.07, 6.45) is 3.58. The highest BCUT2D eigenvalue weighted by molar-refractivity contribution is 7.99. The molecule has 0 atom stereocenters. The van der Waals surface area contributed by atoms with Gasteiger partial charge >= 0.3 is 0 Å². The summed E-state index contributed by atoms with van der Waals surface area (Å²) in [6, 6.07) is 0. The summed E-state index contributed by atoms with van der Waals surface area (Å²) in [7, 11) is 0. The van der Waals surface area contributed by atoms with E-state index in [-0.39, 0.29) is 5.91 Å². The molecular formula is C16H25N3O2S. The van der Waals surface area contributed by atoms with Gasteiger partial charge in [-0.15, -0.1) is 11.8 Å². The molecule has 1 aromatic rings. The number of amides is 1. The van der Waals surface area contributed by atoms with Crippen molar-refractivity contribution in [3.8, 4) is 0 Å². The van der Waals surface area contributed by atoms with E-state index in [1.807, 2.05) is 18.7 Å². The zero-order valence-corrected chi connectivity index (χ0v) is 14.3. The number of aromatic nitrogens is 1. The molecule has 2 saturated heterocycles. The maximum absolute atomic E-state index is 12.4. The average molecular weight is 323 g/mol. The number of hydrogen-bond acceptors (Lipinski definition) is 5. The number of nitrogens with zero attached hydrogens (tertiary/aromatic N) is 2. The predicted octanol–water partition coefficient (Wildman–Crippen LogP) is 2.13. The number of piperidine rings is 1. The van der Waals surface area contributed by atoms with E-state index in [0.29, 0.717) is 11.2 Å². The standard InChI is InChI=1S/C16H25N3O2S/c1-12-14(13(2)21-18-12)9-22-10-15(20)19-7-4-16(5-8-19)3-6-17-11-16/h17H,3-11H2,1-2H3. The van der Waals surface area contributed by atoms with Crippen LogP contribution in [0.25, 0.3) is 0 Å². The molecule has 1 amide bonds. The van der Waals surface area contributed by atoms with Crippen LogP contribution in [0.15, 0.2) is 4.52 Å². The van der Waals surface area contributed by atoms with Gasteiger partial charge in [-0.25, -0.2) is 0 Å². The molecule has 3 rings (SSSR count). The van der Waals surface area contributed by atoms with Gasteiger partial charge in [-0.3, -0.25) is 4.79 Å². The van der Waals surface area contributed by atoms with Crippen LogP contribution in [-0.2, 0) is 10.5 Å². The van der Waals surface area contributed by atoms with Gasteiger partial charge in [0.2, 0.25) is 5.91 Å². The molecule has 2 aliphatic rings. The first-order valence-electron chi connectivity index (χ1n) is 8.08. The molecule has 0 radical (unpaired) electrons. The fourth-order valence-corrected chi connectivity index (χ4v) is 4.57. The molecule has 1 N–H and O–H groups in total. The van der Waals surface area contributed by atoms with Gasteiger partial charge in [-0.05, 0) is 45.1 Å². The van der Waals surface area contributed by atoms with E-state index in [4.69, 9.17) is 4.52 Å². The van der Waals surface area contributed by atoms with Gasteiger partial charge in [0.05, 0.1) is 11.4 Å². The molecule has 1 spiro atoms. The lowest BCUT2D eigenvalue weighted by molar-refractivity contribution is -0.130. The van der Waals surface area contributed by atoms with Gasteiger partial charge in [0.25, 0.3) is 0 Å². The highest BCUT2D eigenvalue weighted by Gasteiger charge is 2.37. The molecule has 3 heterocycles. The van der Waals surface area contributed by atoms with Crippen molar-refractivity contribution in [2.24, 2.45) is 5.41 Å². The highest BCUT2D eigenvalue weighted by Crippen LogP contribution is 2.37. The molecular weight excluding hydrogens is 298 g/mol. The Hall–Kier alpha value is -1.01. The average Bonchev–Trinajstić information content (AvgIpc) is 3.09. The van der Waals surface area contributed by atoms with Gasteiger partial charge in [0, 0.05) is 31.0 Å². The second-order valence-corrected chi connectivity index (χ2v) is 7.59. The largest absolute Gasteiger partial charge is 0.361 e. The summed E-state index contributed by atoms with van der Waals surface area (Å²) in [4.78, 5) is 14.4. The maximum atomic E-state index is 12.4. The molecule has 0 saturated carbocycles. The summed E-state index contributed by atoms with van der Waals surface area (Å²) >= 11 is 1.66. The normalized spacial score (nSPS) is 20.7. The molecule has 5 nitrogen and oxygen atoms in total. The Labute approximate surface area is 136 Å². The lowest BCUT2D eigenvalue weighted by atomic mass is 9.78. The lowest BCUT2D eigenvalue weighted by Gasteiger charge is -2.38. The quantitative estimate of drug-likeness (QED) is 0.920. The third-order valence-corrected chi connectivity index (χ3v) is 6.11. The first-order valence-corrected chi connectivity index (χ1v) is 9.23. The zero-order valence-electron chi connectivity index (χ0n) is 13.5. The number of nitrogens with one attached hydrogen (secondary N) is 1. The number of hydrogen-bond donors (Lipinski definition) is 1. The molecule has 0 aliphatic carbocycles. The van der Waals surface area contributed by atoms with Crippen molar-refractivity contribution in [2.75, 3.05) is 31.9 Å². The Morgan fingerprint density at radius 1 is 1.36 bits per heavy atom. The maximum Gasteiger partial charge on any atom is 0.232 e. The minimum absolute atomic E-state index is 0.276. The Morgan fingerprint density at radius 3 is 2.73 bits per heavy atom. The van der Waals surface area contributed by atoms with Crippen LogP contribution >= 0.6 is 11.8 Å². The Kier molecular flexibility index (Phi) is 4.78. The Bertz CT molecular complexity index is 508. The first-order chi connectivity index (χ1) is 10.6. The number of rotatable bonds is 4. The Balaban J connectivity index is 1.43. The topological polar surface area (TPSA) is 58.4 Å². The van der Waals surface area contributed by atoms with Crippen LogP contribution in [0.4, 0.5) is 0 Å². The molecule has 0 aromatic carbocycles. The van der Waals surface area contributed by atoms with Gasteiger partial charge in [-0.2, -0.15) is 0 Å². The summed E-state index contributed by atoms with van der Waals surface area (Å²) in [5.41, 5.74) is 2.54. The fourth-order valence-electron chi connectivity index (χ4n) is 3.49. The summed E-state index contributed by atoms with van der Waals surface area (Å²) in [5.74, 6) is 2.49. The van der Waals surface area contributed by atoms with Crippen LogP contribution in [0, 0.1) is 19.3 Å². The fraction of sp³-hybridized carbons (Fsp3) is 0.750. The van der Waals surface area contributed by atoms with Crippen LogP contribution in [0.3, 0.4) is 0 Å². The second-order valence-electron chi connectivity index (χ2n) is 6.60. The van der Waals surface area contributed by atoms with Gasteiger partial charge < -0.3 is 14.7 Å². The molecule has 0 bridgehead atoms. The van der Waals surface area contributed by atoms with Gasteiger partial charge in [0.15, 0.2) is 0 Å². The molecule has 2 aliphatic heterocycles. The van der Waals surface area contributed by atoms with Crippen LogP contribution < -0.4 is 5.32 Å². The smallest absolute Gasteiger partial charge is 0.232 e. The molecule has 122 valence electrons. The van der Waals surface area contributed by atoms with Crippen LogP contribution in [0.1, 0.15) is 36.3 Å². The minimum Gasteiger partial charge on any atom is -0.361 e. The molecule has 2 fully saturated rings. The lowest BCUT2D eigenvalue weighted by Crippen LogP contribution is -2.44. The monoisotopic (exact) mass is 323 g/mol. The van der Waals surface area contributed by atoms with E-state index in [2.05, 4.69) is 10.5 Å². The van der Waals surface area contributed by atoms with E-state index in [1.165, 1.54) is 6.42 Å². The number of aryl methyl sites for hydroxylation is 2. The number of carbonyl (C=O) groups excluding carboxylic acids is 1. The third-order valence-electron chi connectivity index (χ3n) is 5.16. The van der Waals surface area contributed by atoms with Crippen molar-refractivity contribution in [3.05, 3.63) is 17.0 Å². The van der Waals surface area contributed by atoms with Crippen molar-refractivity contribution < 1.29 is 9.32 Å². The molecule has 0 unspecified atom stereocenters. The van der Waals surface area contributed by atoms with Crippen LogP contribution in [0.5, 0.6) is 0 Å². The van der Waals surface area contributed by atoms with Crippen molar-refractivity contribution in [1.82, 2.24) is 15.4 Å². The molecule has 1 aromatic heterocycles. The van der Waals surface area contributed by atoms with Crippen LogP contribution in [-0.4, -0.2) is 47.9 Å². The van der Waals surface area contributed by atoms with Crippen molar-refractivity contribution in [1.29, 1.82) is 0 Å². The van der Waals surface area contributed by atoms with Crippen molar-refractivity contribution in [3.63, 3.8) is 0 Å². The first kappa shape index (κ1) is 15.9. The predicted molar refractivity (Wildman–Crippen MR) is 87.9 cm³/mol. The Morgan fingerprint density at radius 2 is 2.14 bits per heavy atom. The molecule has 6 heteroatoms. The summed E-state index contributed by atoms with van der Waals surface area (Å²) in [5, 5.41) is 7.42. The highest BCUT2D eigenvalue weighted by atomic mass is 32.2. The van der Waals surface area contributed by atoms with Gasteiger partial charge in [0.1, 0.15) is 5.76 Å². The van der Waals surface area contributed by atoms with E-state index in [9.17, 15) is 4.79 Å². The number of likely N-dealkylation sites (tertiary alicyclic amines) is 1. The van der Waals surface area contributed by atoms with Crippen molar-refractivity contribution >= 4 is 17.7 Å². The summed E-state index contributed by atoms with van der Waals surface area (Å²) < 4.78 is 5.16. The second kappa shape index (κ2) is 6.62.